The summed E-state index contributed by atoms with van der Waals surface area (Å²) in [7, 11) is 3.61. The zero-order chi connectivity index (χ0) is 11.4. The number of hydrogen-bond acceptors (Lipinski definition) is 3. The number of rotatable bonds is 2. The van der Waals surface area contributed by atoms with Crippen molar-refractivity contribution in [3.8, 4) is 0 Å². The van der Waals surface area contributed by atoms with Crippen molar-refractivity contribution in [1.82, 2.24) is 4.90 Å². The molecule has 0 aliphatic heterocycles. The first-order valence-electron chi connectivity index (χ1n) is 4.35. The molecule has 0 amide bonds. The molecule has 14 heavy (non-hydrogen) atoms. The Morgan fingerprint density at radius 2 is 1.93 bits per heavy atom. The van der Waals surface area contributed by atoms with E-state index in [-0.39, 0.29) is 12.5 Å². The van der Waals surface area contributed by atoms with E-state index < -0.39 is 5.60 Å². The highest BCUT2D eigenvalue weighted by atomic mass is 32.1. The lowest BCUT2D eigenvalue weighted by Crippen LogP contribution is -2.26. The number of carbonyl (C=O) groups excluding carboxylic acids is 1. The maximum absolute atomic E-state index is 11.2. The molecule has 0 radical (unpaired) electrons. The quantitative estimate of drug-likeness (QED) is 0.327. The van der Waals surface area contributed by atoms with E-state index in [0.29, 0.717) is 5.17 Å². The molecule has 0 atom stereocenters. The van der Waals surface area contributed by atoms with Crippen molar-refractivity contribution >= 4 is 23.8 Å². The first-order valence-corrected chi connectivity index (χ1v) is 4.79. The molecule has 0 saturated carbocycles. The van der Waals surface area contributed by atoms with Crippen LogP contribution in [0.3, 0.4) is 0 Å². The molecule has 5 heteroatoms. The van der Waals surface area contributed by atoms with Crippen LogP contribution in [0.5, 0.6) is 0 Å². The molecular formula is C9H18N2O2S. The summed E-state index contributed by atoms with van der Waals surface area (Å²) in [6.45, 7) is 5.47. The average molecular weight is 218 g/mol. The number of carbonyl (C=O) groups is 1. The summed E-state index contributed by atoms with van der Waals surface area (Å²) in [5.74, 6) is -0.342. The number of amidine groups is 1. The fraction of sp³-hybridized carbons (Fsp3) is 0.778. The molecule has 0 bridgehead atoms. The smallest absolute Gasteiger partial charge is 0.328 e. The van der Waals surface area contributed by atoms with Crippen LogP contribution in [-0.2, 0) is 9.53 Å². The Bertz CT molecular complexity index is 231. The predicted octanol–water partition coefficient (Wildman–Crippen LogP) is 1.18. The molecule has 0 fully saturated rings. The van der Waals surface area contributed by atoms with Gasteiger partial charge < -0.3 is 9.64 Å². The van der Waals surface area contributed by atoms with Gasteiger partial charge in [-0.25, -0.2) is 0 Å². The molecule has 0 aromatic rings. The van der Waals surface area contributed by atoms with E-state index in [1.165, 1.54) is 0 Å². The van der Waals surface area contributed by atoms with Crippen LogP contribution in [0.25, 0.3) is 0 Å². The van der Waals surface area contributed by atoms with Gasteiger partial charge in [0, 0.05) is 14.1 Å². The van der Waals surface area contributed by atoms with Crippen LogP contribution in [-0.4, -0.2) is 42.3 Å². The van der Waals surface area contributed by atoms with Crippen LogP contribution >= 0.6 is 12.6 Å². The van der Waals surface area contributed by atoms with Gasteiger partial charge >= 0.3 is 5.97 Å². The third-order valence-electron chi connectivity index (χ3n) is 1.17. The van der Waals surface area contributed by atoms with Gasteiger partial charge in [0.2, 0.25) is 0 Å². The fourth-order valence-electron chi connectivity index (χ4n) is 0.650. The van der Waals surface area contributed by atoms with Crippen LogP contribution in [0.2, 0.25) is 0 Å². The van der Waals surface area contributed by atoms with Gasteiger partial charge in [0.25, 0.3) is 0 Å². The molecule has 0 unspecified atom stereocenters. The topological polar surface area (TPSA) is 41.9 Å². The SMILES string of the molecule is CN(C)C(S)=NCC(=O)OC(C)(C)C. The second-order valence-electron chi connectivity index (χ2n) is 4.10. The van der Waals surface area contributed by atoms with E-state index in [4.69, 9.17) is 4.74 Å². The molecule has 82 valence electrons. The van der Waals surface area contributed by atoms with Gasteiger partial charge in [-0.3, -0.25) is 9.79 Å². The molecule has 0 aliphatic carbocycles. The second-order valence-corrected chi connectivity index (χ2v) is 4.50. The van der Waals surface area contributed by atoms with Gasteiger partial charge in [-0.05, 0) is 20.8 Å². The Balaban J connectivity index is 4.04. The molecule has 0 aromatic carbocycles. The van der Waals surface area contributed by atoms with Gasteiger partial charge in [0.1, 0.15) is 12.1 Å². The predicted molar refractivity (Wildman–Crippen MR) is 60.8 cm³/mol. The Hall–Kier alpha value is -0.710. The molecule has 4 nitrogen and oxygen atoms in total. The highest BCUT2D eigenvalue weighted by Gasteiger charge is 2.15. The maximum atomic E-state index is 11.2. The first kappa shape index (κ1) is 13.3. The Labute approximate surface area is 90.7 Å². The van der Waals surface area contributed by atoms with Crippen molar-refractivity contribution in [2.45, 2.75) is 26.4 Å². The summed E-state index contributed by atoms with van der Waals surface area (Å²) >= 11 is 4.08. The minimum atomic E-state index is -0.457. The maximum Gasteiger partial charge on any atom is 0.328 e. The average Bonchev–Trinajstić information content (AvgIpc) is 1.96. The molecule has 0 aromatic heterocycles. The molecule has 0 rings (SSSR count). The standard InChI is InChI=1S/C9H18N2O2S/c1-9(2,3)13-7(12)6-10-8(14)11(4)5/h6H2,1-5H3,(H,10,14). The zero-order valence-electron chi connectivity index (χ0n) is 9.37. The van der Waals surface area contributed by atoms with Crippen LogP contribution in [0, 0.1) is 0 Å². The Kier molecular flexibility index (Phi) is 4.97. The normalized spacial score (nSPS) is 12.6. The number of nitrogens with zero attached hydrogens (tertiary/aromatic N) is 2. The summed E-state index contributed by atoms with van der Waals surface area (Å²) in [5.41, 5.74) is -0.457. The minimum absolute atomic E-state index is 0.00822. The summed E-state index contributed by atoms with van der Waals surface area (Å²) in [6.07, 6.45) is 0. The number of ether oxygens (including phenoxy) is 1. The number of esters is 1. The van der Waals surface area contributed by atoms with E-state index in [0.717, 1.165) is 0 Å². The lowest BCUT2D eigenvalue weighted by Gasteiger charge is -2.19. The molecule has 0 saturated heterocycles. The summed E-state index contributed by atoms with van der Waals surface area (Å²) in [4.78, 5) is 16.9. The van der Waals surface area contributed by atoms with Crippen LogP contribution in [0.4, 0.5) is 0 Å². The van der Waals surface area contributed by atoms with E-state index in [1.807, 2.05) is 20.8 Å². The highest BCUT2D eigenvalue weighted by molar-refractivity contribution is 7.96. The minimum Gasteiger partial charge on any atom is -0.459 e. The first-order chi connectivity index (χ1) is 6.22. The van der Waals surface area contributed by atoms with Gasteiger partial charge in [0.15, 0.2) is 5.17 Å². The molecular weight excluding hydrogens is 200 g/mol. The summed E-state index contributed by atoms with van der Waals surface area (Å²) in [5, 5.41) is 0.510. The van der Waals surface area contributed by atoms with E-state index >= 15 is 0 Å². The Morgan fingerprint density at radius 1 is 1.43 bits per heavy atom. The van der Waals surface area contributed by atoms with Gasteiger partial charge in [-0.1, -0.05) is 0 Å². The van der Waals surface area contributed by atoms with Crippen molar-refractivity contribution in [2.75, 3.05) is 20.6 Å². The highest BCUT2D eigenvalue weighted by Crippen LogP contribution is 2.06. The zero-order valence-corrected chi connectivity index (χ0v) is 10.3. The molecule has 0 spiro atoms. The number of thiol groups is 1. The Morgan fingerprint density at radius 3 is 2.29 bits per heavy atom. The van der Waals surface area contributed by atoms with Crippen molar-refractivity contribution in [1.29, 1.82) is 0 Å². The number of hydrogen-bond donors (Lipinski definition) is 1. The van der Waals surface area contributed by atoms with Gasteiger partial charge in [-0.15, -0.1) is 12.6 Å². The van der Waals surface area contributed by atoms with Crippen molar-refractivity contribution in [3.05, 3.63) is 0 Å². The van der Waals surface area contributed by atoms with Crippen molar-refractivity contribution < 1.29 is 9.53 Å². The van der Waals surface area contributed by atoms with E-state index in [2.05, 4.69) is 17.6 Å². The second kappa shape index (κ2) is 5.24. The van der Waals surface area contributed by atoms with Crippen molar-refractivity contribution in [3.63, 3.8) is 0 Å². The monoisotopic (exact) mass is 218 g/mol. The third kappa shape index (κ3) is 6.77. The van der Waals surface area contributed by atoms with Crippen LogP contribution in [0.15, 0.2) is 4.99 Å². The molecule has 0 N–H and O–H groups in total. The van der Waals surface area contributed by atoms with Gasteiger partial charge in [-0.2, -0.15) is 0 Å². The summed E-state index contributed by atoms with van der Waals surface area (Å²) in [6, 6.07) is 0. The molecule has 0 aliphatic rings. The summed E-state index contributed by atoms with van der Waals surface area (Å²) < 4.78 is 5.07. The van der Waals surface area contributed by atoms with Crippen LogP contribution < -0.4 is 0 Å². The van der Waals surface area contributed by atoms with Crippen molar-refractivity contribution in [2.24, 2.45) is 4.99 Å². The number of aliphatic imine (C=N–C) groups is 1. The molecule has 0 heterocycles. The lowest BCUT2D eigenvalue weighted by molar-refractivity contribution is -0.152. The fourth-order valence-corrected chi connectivity index (χ4v) is 0.721. The van der Waals surface area contributed by atoms with Gasteiger partial charge in [0.05, 0.1) is 0 Å². The third-order valence-corrected chi connectivity index (χ3v) is 1.71. The van der Waals surface area contributed by atoms with E-state index in [1.54, 1.807) is 19.0 Å². The lowest BCUT2D eigenvalue weighted by atomic mass is 10.2. The largest absolute Gasteiger partial charge is 0.459 e. The van der Waals surface area contributed by atoms with Crippen LogP contribution in [0.1, 0.15) is 20.8 Å². The van der Waals surface area contributed by atoms with E-state index in [9.17, 15) is 4.79 Å².